The van der Waals surface area contributed by atoms with Crippen molar-refractivity contribution in [3.05, 3.63) is 12.2 Å². The molecule has 0 saturated carbocycles. The molecule has 0 bridgehead atoms. The van der Waals surface area contributed by atoms with E-state index in [1.165, 1.54) is 250 Å². The van der Waals surface area contributed by atoms with Crippen molar-refractivity contribution >= 4 is 11.9 Å². The van der Waals surface area contributed by atoms with Gasteiger partial charge in [-0.05, 0) is 44.9 Å². The zero-order valence-corrected chi connectivity index (χ0v) is 42.4. The average molecular weight is 876 g/mol. The molecule has 0 spiro atoms. The number of allylic oxidation sites excluding steroid dienone is 2. The fraction of sp³-hybridized carbons (Fsp3) is 0.930. The summed E-state index contributed by atoms with van der Waals surface area (Å²) >= 11 is 0. The fourth-order valence-corrected chi connectivity index (χ4v) is 8.57. The number of hydrogen-bond donors (Lipinski definition) is 0. The van der Waals surface area contributed by atoms with Gasteiger partial charge in [-0.15, -0.1) is 0 Å². The molecule has 62 heavy (non-hydrogen) atoms. The molecule has 0 aromatic heterocycles. The highest BCUT2D eigenvalue weighted by Crippen LogP contribution is 2.17. The topological polar surface area (TPSA) is 61.8 Å². The van der Waals surface area contributed by atoms with Crippen LogP contribution in [0.2, 0.25) is 0 Å². The molecule has 0 aromatic carbocycles. The Morgan fingerprint density at radius 3 is 0.984 bits per heavy atom. The van der Waals surface area contributed by atoms with E-state index >= 15 is 0 Å². The van der Waals surface area contributed by atoms with Crippen LogP contribution in [-0.2, 0) is 23.8 Å². The van der Waals surface area contributed by atoms with Gasteiger partial charge in [0.15, 0.2) is 6.10 Å². The standard InChI is InChI=1S/C57H110O5/c1-4-7-10-13-16-19-22-25-27-28-29-30-32-33-35-38-41-44-47-50-56(58)61-54-55(53-60-52-49-46-43-40-37-24-21-18-15-12-9-6-3)62-57(59)51-48-45-42-39-36-34-31-26-23-20-17-14-11-8-5-2/h25,27,55H,4-24,26,28-54H2,1-3H3/b27-25-. The van der Waals surface area contributed by atoms with E-state index < -0.39 is 6.10 Å². The van der Waals surface area contributed by atoms with Crippen molar-refractivity contribution in [2.45, 2.75) is 322 Å². The van der Waals surface area contributed by atoms with Gasteiger partial charge in [0, 0.05) is 19.4 Å². The number of rotatable bonds is 53. The average Bonchev–Trinajstić information content (AvgIpc) is 3.27. The number of unbranched alkanes of at least 4 members (excludes halogenated alkanes) is 40. The van der Waals surface area contributed by atoms with Crippen LogP contribution in [0.3, 0.4) is 0 Å². The molecule has 0 aliphatic carbocycles. The molecule has 0 amide bonds. The summed E-state index contributed by atoms with van der Waals surface area (Å²) in [5.74, 6) is -0.374. The van der Waals surface area contributed by atoms with Gasteiger partial charge in [0.25, 0.3) is 0 Å². The van der Waals surface area contributed by atoms with Gasteiger partial charge in [-0.25, -0.2) is 0 Å². The smallest absolute Gasteiger partial charge is 0.306 e. The molecule has 1 atom stereocenters. The summed E-state index contributed by atoms with van der Waals surface area (Å²) in [7, 11) is 0. The molecule has 1 unspecified atom stereocenters. The van der Waals surface area contributed by atoms with Crippen LogP contribution in [0.5, 0.6) is 0 Å². The Morgan fingerprint density at radius 2 is 0.629 bits per heavy atom. The van der Waals surface area contributed by atoms with E-state index in [1.54, 1.807) is 0 Å². The normalized spacial score (nSPS) is 12.1. The van der Waals surface area contributed by atoms with E-state index in [1.807, 2.05) is 0 Å². The van der Waals surface area contributed by atoms with Crippen LogP contribution >= 0.6 is 0 Å². The zero-order valence-electron chi connectivity index (χ0n) is 42.4. The van der Waals surface area contributed by atoms with Crippen LogP contribution in [-0.4, -0.2) is 37.9 Å². The maximum absolute atomic E-state index is 12.8. The van der Waals surface area contributed by atoms with Crippen molar-refractivity contribution in [3.8, 4) is 0 Å². The molecule has 5 heteroatoms. The van der Waals surface area contributed by atoms with Gasteiger partial charge in [-0.2, -0.15) is 0 Å². The Labute approximate surface area is 388 Å². The number of carbonyl (C=O) groups is 2. The first-order valence-corrected chi connectivity index (χ1v) is 28.2. The molecule has 0 aliphatic rings. The Balaban J connectivity index is 4.16. The lowest BCUT2D eigenvalue weighted by Gasteiger charge is -2.18. The van der Waals surface area contributed by atoms with Gasteiger partial charge < -0.3 is 14.2 Å². The Kier molecular flexibility index (Phi) is 52.8. The molecule has 368 valence electrons. The third-order valence-corrected chi connectivity index (χ3v) is 12.8. The van der Waals surface area contributed by atoms with Gasteiger partial charge in [0.05, 0.1) is 6.61 Å². The van der Waals surface area contributed by atoms with E-state index in [9.17, 15) is 9.59 Å². The van der Waals surface area contributed by atoms with Crippen LogP contribution < -0.4 is 0 Å². The minimum absolute atomic E-state index is 0.0940. The summed E-state index contributed by atoms with van der Waals surface area (Å²) in [6.45, 7) is 7.90. The Morgan fingerprint density at radius 1 is 0.339 bits per heavy atom. The van der Waals surface area contributed by atoms with Gasteiger partial charge in [0.1, 0.15) is 6.61 Å². The summed E-state index contributed by atoms with van der Waals surface area (Å²) in [5, 5.41) is 0. The zero-order chi connectivity index (χ0) is 44.9. The SMILES string of the molecule is CCCCCCCC/C=C\CCCCCCCCCCCC(=O)OCC(COCCCCCCCCCCCCCC)OC(=O)CCCCCCCCCCCCCCCCC. The molecular weight excluding hydrogens is 765 g/mol. The van der Waals surface area contributed by atoms with Gasteiger partial charge in [0.2, 0.25) is 0 Å². The molecule has 0 rings (SSSR count). The van der Waals surface area contributed by atoms with Crippen LogP contribution in [0.25, 0.3) is 0 Å². The molecule has 0 fully saturated rings. The quantitative estimate of drug-likeness (QED) is 0.0346. The summed E-state index contributed by atoms with van der Waals surface area (Å²) in [4.78, 5) is 25.5. The molecule has 0 aliphatic heterocycles. The van der Waals surface area contributed by atoms with Crippen LogP contribution in [0.4, 0.5) is 0 Å². The fourth-order valence-electron chi connectivity index (χ4n) is 8.57. The van der Waals surface area contributed by atoms with Crippen molar-refractivity contribution in [3.63, 3.8) is 0 Å². The van der Waals surface area contributed by atoms with Gasteiger partial charge in [-0.1, -0.05) is 270 Å². The predicted molar refractivity (Wildman–Crippen MR) is 270 cm³/mol. The third-order valence-electron chi connectivity index (χ3n) is 12.8. The maximum atomic E-state index is 12.8. The number of carbonyl (C=O) groups excluding carboxylic acids is 2. The maximum Gasteiger partial charge on any atom is 0.306 e. The monoisotopic (exact) mass is 875 g/mol. The van der Waals surface area contributed by atoms with Crippen molar-refractivity contribution < 1.29 is 23.8 Å². The molecule has 0 saturated heterocycles. The largest absolute Gasteiger partial charge is 0.462 e. The lowest BCUT2D eigenvalue weighted by atomic mass is 10.0. The number of ether oxygens (including phenoxy) is 3. The number of hydrogen-bond acceptors (Lipinski definition) is 5. The Hall–Kier alpha value is -1.36. The molecule has 0 aromatic rings. The van der Waals surface area contributed by atoms with Gasteiger partial charge in [-0.3, -0.25) is 9.59 Å². The minimum Gasteiger partial charge on any atom is -0.462 e. The predicted octanol–water partition coefficient (Wildman–Crippen LogP) is 19.0. The van der Waals surface area contributed by atoms with Gasteiger partial charge >= 0.3 is 11.9 Å². The number of esters is 2. The molecular formula is C57H110O5. The first-order chi connectivity index (χ1) is 30.6. The van der Waals surface area contributed by atoms with E-state index in [-0.39, 0.29) is 18.5 Å². The van der Waals surface area contributed by atoms with Crippen LogP contribution in [0.1, 0.15) is 316 Å². The second-order valence-corrected chi connectivity index (χ2v) is 19.2. The lowest BCUT2D eigenvalue weighted by Crippen LogP contribution is -2.30. The summed E-state index contributed by atoms with van der Waals surface area (Å²) < 4.78 is 17.5. The highest BCUT2D eigenvalue weighted by molar-refractivity contribution is 5.70. The van der Waals surface area contributed by atoms with E-state index in [0.29, 0.717) is 26.1 Å². The van der Waals surface area contributed by atoms with Crippen molar-refractivity contribution in [2.24, 2.45) is 0 Å². The van der Waals surface area contributed by atoms with E-state index in [2.05, 4.69) is 32.9 Å². The van der Waals surface area contributed by atoms with Crippen molar-refractivity contribution in [1.29, 1.82) is 0 Å². The molecule has 5 nitrogen and oxygen atoms in total. The molecule has 0 heterocycles. The van der Waals surface area contributed by atoms with Crippen LogP contribution in [0.15, 0.2) is 12.2 Å². The first kappa shape index (κ1) is 60.6. The minimum atomic E-state index is -0.527. The summed E-state index contributed by atoms with van der Waals surface area (Å²) in [5.41, 5.74) is 0. The lowest BCUT2D eigenvalue weighted by molar-refractivity contribution is -0.163. The van der Waals surface area contributed by atoms with E-state index in [4.69, 9.17) is 14.2 Å². The summed E-state index contributed by atoms with van der Waals surface area (Å²) in [6, 6.07) is 0. The van der Waals surface area contributed by atoms with E-state index in [0.717, 1.165) is 32.1 Å². The van der Waals surface area contributed by atoms with Crippen LogP contribution in [0, 0.1) is 0 Å². The van der Waals surface area contributed by atoms with Crippen molar-refractivity contribution in [2.75, 3.05) is 19.8 Å². The highest BCUT2D eigenvalue weighted by Gasteiger charge is 2.17. The molecule has 0 radical (unpaired) electrons. The second kappa shape index (κ2) is 54.0. The highest BCUT2D eigenvalue weighted by atomic mass is 16.6. The third kappa shape index (κ3) is 51.3. The molecule has 0 N–H and O–H groups in total. The second-order valence-electron chi connectivity index (χ2n) is 19.2. The van der Waals surface area contributed by atoms with Crippen molar-refractivity contribution in [1.82, 2.24) is 0 Å². The Bertz CT molecular complexity index is 902. The summed E-state index contributed by atoms with van der Waals surface area (Å²) in [6.07, 6.45) is 62.2. The first-order valence-electron chi connectivity index (χ1n) is 28.2.